The SMILES string of the molecule is O=[N+]([O-])c1ccc(NCCSc2ccccc2)c([N+](=O)[O-])c1. The van der Waals surface area contributed by atoms with Gasteiger partial charge in [0, 0.05) is 23.3 Å². The standard InChI is InChI=1S/C14H13N3O4S/c18-16(19)11-6-7-13(14(10-11)17(20)21)15-8-9-22-12-4-2-1-3-5-12/h1-7,10,15H,8-9H2. The van der Waals surface area contributed by atoms with Crippen molar-refractivity contribution in [3.63, 3.8) is 0 Å². The minimum absolute atomic E-state index is 0.282. The van der Waals surface area contributed by atoms with Gasteiger partial charge >= 0.3 is 0 Å². The first-order chi connectivity index (χ1) is 10.6. The van der Waals surface area contributed by atoms with E-state index in [0.717, 1.165) is 16.7 Å². The molecule has 0 spiro atoms. The summed E-state index contributed by atoms with van der Waals surface area (Å²) < 4.78 is 0. The first-order valence-corrected chi connectivity index (χ1v) is 7.41. The third-order valence-corrected chi connectivity index (χ3v) is 3.83. The summed E-state index contributed by atoms with van der Waals surface area (Å²) in [5.74, 6) is 0.720. The topological polar surface area (TPSA) is 98.3 Å². The highest BCUT2D eigenvalue weighted by molar-refractivity contribution is 7.99. The van der Waals surface area contributed by atoms with Gasteiger partial charge in [-0.1, -0.05) is 18.2 Å². The van der Waals surface area contributed by atoms with Gasteiger partial charge in [0.2, 0.25) is 0 Å². The number of thioether (sulfide) groups is 1. The Labute approximate surface area is 130 Å². The molecule has 0 aliphatic carbocycles. The van der Waals surface area contributed by atoms with Crippen LogP contribution in [0.5, 0.6) is 0 Å². The molecule has 0 saturated heterocycles. The van der Waals surface area contributed by atoms with Crippen LogP contribution in [-0.2, 0) is 0 Å². The molecule has 0 bridgehead atoms. The third-order valence-electron chi connectivity index (χ3n) is 2.82. The minimum atomic E-state index is -0.651. The summed E-state index contributed by atoms with van der Waals surface area (Å²) in [5, 5.41) is 24.6. The maximum atomic E-state index is 11.0. The molecule has 0 amide bonds. The first-order valence-electron chi connectivity index (χ1n) is 6.42. The van der Waals surface area contributed by atoms with E-state index >= 15 is 0 Å². The zero-order chi connectivity index (χ0) is 15.9. The summed E-state index contributed by atoms with van der Waals surface area (Å²) in [6.07, 6.45) is 0. The van der Waals surface area contributed by atoms with E-state index < -0.39 is 9.85 Å². The molecule has 1 N–H and O–H groups in total. The van der Waals surface area contributed by atoms with E-state index in [0.29, 0.717) is 6.54 Å². The van der Waals surface area contributed by atoms with Crippen LogP contribution in [0, 0.1) is 20.2 Å². The number of nitro benzene ring substituents is 2. The van der Waals surface area contributed by atoms with Crippen molar-refractivity contribution in [3.05, 3.63) is 68.8 Å². The summed E-state index contributed by atoms with van der Waals surface area (Å²) in [5.41, 5.74) is -0.306. The average Bonchev–Trinajstić information content (AvgIpc) is 2.52. The fourth-order valence-corrected chi connectivity index (χ4v) is 2.59. The second-order valence-electron chi connectivity index (χ2n) is 4.30. The van der Waals surface area contributed by atoms with Crippen LogP contribution >= 0.6 is 11.8 Å². The van der Waals surface area contributed by atoms with E-state index in [1.54, 1.807) is 11.8 Å². The maximum absolute atomic E-state index is 11.0. The zero-order valence-electron chi connectivity index (χ0n) is 11.5. The Morgan fingerprint density at radius 2 is 1.73 bits per heavy atom. The molecule has 0 heterocycles. The number of rotatable bonds is 7. The lowest BCUT2D eigenvalue weighted by molar-refractivity contribution is -0.393. The normalized spacial score (nSPS) is 10.2. The van der Waals surface area contributed by atoms with Gasteiger partial charge in [-0.15, -0.1) is 11.8 Å². The lowest BCUT2D eigenvalue weighted by Crippen LogP contribution is -2.06. The fourth-order valence-electron chi connectivity index (χ4n) is 1.81. The molecule has 0 radical (unpaired) electrons. The van der Waals surface area contributed by atoms with Crippen molar-refractivity contribution in [2.24, 2.45) is 0 Å². The van der Waals surface area contributed by atoms with Gasteiger partial charge in [0.25, 0.3) is 11.4 Å². The summed E-state index contributed by atoms with van der Waals surface area (Å²) >= 11 is 1.62. The van der Waals surface area contributed by atoms with Gasteiger partial charge in [0.05, 0.1) is 15.9 Å². The predicted octanol–water partition coefficient (Wildman–Crippen LogP) is 3.71. The number of nitrogens with zero attached hydrogens (tertiary/aromatic N) is 2. The smallest absolute Gasteiger partial charge is 0.299 e. The fraction of sp³-hybridized carbons (Fsp3) is 0.143. The van der Waals surface area contributed by atoms with E-state index in [4.69, 9.17) is 0 Å². The lowest BCUT2D eigenvalue weighted by Gasteiger charge is -2.07. The van der Waals surface area contributed by atoms with Crippen LogP contribution in [-0.4, -0.2) is 22.1 Å². The van der Waals surface area contributed by atoms with Crippen LogP contribution in [0.25, 0.3) is 0 Å². The van der Waals surface area contributed by atoms with Gasteiger partial charge in [-0.3, -0.25) is 20.2 Å². The average molecular weight is 319 g/mol. The third kappa shape index (κ3) is 4.19. The molecule has 0 aliphatic heterocycles. The molecule has 2 aromatic rings. The number of benzene rings is 2. The Hall–Kier alpha value is -2.61. The van der Waals surface area contributed by atoms with Crippen molar-refractivity contribution in [3.8, 4) is 0 Å². The molecule has 8 heteroatoms. The molecule has 2 rings (SSSR count). The van der Waals surface area contributed by atoms with Crippen molar-refractivity contribution in [2.45, 2.75) is 4.90 Å². The van der Waals surface area contributed by atoms with Crippen LogP contribution in [0.3, 0.4) is 0 Å². The van der Waals surface area contributed by atoms with Crippen molar-refractivity contribution in [1.29, 1.82) is 0 Å². The molecular weight excluding hydrogens is 306 g/mol. The van der Waals surface area contributed by atoms with E-state index in [-0.39, 0.29) is 17.1 Å². The first kappa shape index (κ1) is 15.8. The van der Waals surface area contributed by atoms with Crippen LogP contribution < -0.4 is 5.32 Å². The molecule has 0 aromatic heterocycles. The van der Waals surface area contributed by atoms with E-state index in [2.05, 4.69) is 5.32 Å². The van der Waals surface area contributed by atoms with Crippen LogP contribution in [0.15, 0.2) is 53.4 Å². The van der Waals surface area contributed by atoms with Gasteiger partial charge in [0.1, 0.15) is 5.69 Å². The zero-order valence-corrected chi connectivity index (χ0v) is 12.3. The Bertz CT molecular complexity index is 679. The molecule has 0 unspecified atom stereocenters. The number of hydrogen-bond acceptors (Lipinski definition) is 6. The summed E-state index contributed by atoms with van der Waals surface area (Å²) in [6.45, 7) is 0.512. The van der Waals surface area contributed by atoms with Crippen LogP contribution in [0.1, 0.15) is 0 Å². The van der Waals surface area contributed by atoms with E-state index in [9.17, 15) is 20.2 Å². The lowest BCUT2D eigenvalue weighted by atomic mass is 10.2. The Balaban J connectivity index is 1.97. The Morgan fingerprint density at radius 1 is 1.00 bits per heavy atom. The molecule has 0 aliphatic rings. The molecule has 7 nitrogen and oxygen atoms in total. The van der Waals surface area contributed by atoms with E-state index in [1.807, 2.05) is 30.3 Å². The maximum Gasteiger partial charge on any atom is 0.299 e. The molecule has 0 fully saturated rings. The van der Waals surface area contributed by atoms with Gasteiger partial charge < -0.3 is 5.32 Å². The quantitative estimate of drug-likeness (QED) is 0.361. The van der Waals surface area contributed by atoms with Crippen molar-refractivity contribution in [2.75, 3.05) is 17.6 Å². The summed E-state index contributed by atoms with van der Waals surface area (Å²) in [4.78, 5) is 21.5. The van der Waals surface area contributed by atoms with Gasteiger partial charge in [-0.25, -0.2) is 0 Å². The number of hydrogen-bond donors (Lipinski definition) is 1. The van der Waals surface area contributed by atoms with Gasteiger partial charge in [-0.05, 0) is 18.2 Å². The highest BCUT2D eigenvalue weighted by atomic mass is 32.2. The van der Waals surface area contributed by atoms with E-state index in [1.165, 1.54) is 12.1 Å². The molecule has 0 saturated carbocycles. The van der Waals surface area contributed by atoms with Crippen molar-refractivity contribution >= 4 is 28.8 Å². The Kier molecular flexibility index (Phi) is 5.31. The number of non-ortho nitro benzene ring substituents is 1. The molecular formula is C14H13N3O4S. The molecule has 114 valence electrons. The highest BCUT2D eigenvalue weighted by Gasteiger charge is 2.18. The monoisotopic (exact) mass is 319 g/mol. The summed E-state index contributed by atoms with van der Waals surface area (Å²) in [6, 6.07) is 13.4. The molecule has 0 atom stereocenters. The van der Waals surface area contributed by atoms with Gasteiger partial charge in [0.15, 0.2) is 0 Å². The van der Waals surface area contributed by atoms with Gasteiger partial charge in [-0.2, -0.15) is 0 Å². The minimum Gasteiger partial charge on any atom is -0.379 e. The van der Waals surface area contributed by atoms with Crippen molar-refractivity contribution in [1.82, 2.24) is 0 Å². The van der Waals surface area contributed by atoms with Crippen LogP contribution in [0.2, 0.25) is 0 Å². The Morgan fingerprint density at radius 3 is 2.36 bits per heavy atom. The number of nitro groups is 2. The van der Waals surface area contributed by atoms with Crippen molar-refractivity contribution < 1.29 is 9.85 Å². The van der Waals surface area contributed by atoms with Crippen LogP contribution in [0.4, 0.5) is 17.1 Å². The second-order valence-corrected chi connectivity index (χ2v) is 5.47. The predicted molar refractivity (Wildman–Crippen MR) is 85.4 cm³/mol. The summed E-state index contributed by atoms with van der Waals surface area (Å²) in [7, 11) is 0. The molecule has 22 heavy (non-hydrogen) atoms. The molecule has 2 aromatic carbocycles. The second kappa shape index (κ2) is 7.41. The largest absolute Gasteiger partial charge is 0.379 e. The number of anilines is 1. The highest BCUT2D eigenvalue weighted by Crippen LogP contribution is 2.29. The number of nitrogens with one attached hydrogen (secondary N) is 1.